The Bertz CT molecular complexity index is 482. The van der Waals surface area contributed by atoms with E-state index in [9.17, 15) is 13.4 Å². The van der Waals surface area contributed by atoms with Crippen LogP contribution in [0.3, 0.4) is 0 Å². The molecule has 106 valence electrons. The smallest absolute Gasteiger partial charge is 0.251 e. The average Bonchev–Trinajstić information content (AvgIpc) is 2.32. The molecule has 0 aliphatic heterocycles. The van der Waals surface area contributed by atoms with E-state index >= 15 is 0 Å². The molecule has 0 bridgehead atoms. The monoisotopic (exact) mass is 286 g/mol. The van der Waals surface area contributed by atoms with Crippen molar-refractivity contribution >= 4 is 22.4 Å². The van der Waals surface area contributed by atoms with Gasteiger partial charge in [0.2, 0.25) is 0 Å². The summed E-state index contributed by atoms with van der Waals surface area (Å²) in [5.41, 5.74) is 6.42. The summed E-state index contributed by atoms with van der Waals surface area (Å²) < 4.78 is 24.5. The molecule has 2 unspecified atom stereocenters. The fraction of sp³-hybridized carbons (Fsp3) is 0.462. The summed E-state index contributed by atoms with van der Waals surface area (Å²) in [6.45, 7) is 3.38. The van der Waals surface area contributed by atoms with E-state index in [2.05, 4.69) is 5.32 Å². The maximum Gasteiger partial charge on any atom is 0.251 e. The van der Waals surface area contributed by atoms with Crippen molar-refractivity contribution in [1.82, 2.24) is 5.32 Å². The lowest BCUT2D eigenvalue weighted by molar-refractivity contribution is 0.0939. The number of rotatable bonds is 5. The Hall–Kier alpha value is -1.43. The molecule has 0 aliphatic rings. The summed E-state index contributed by atoms with van der Waals surface area (Å²) in [6.07, 6.45) is 2.23. The van der Waals surface area contributed by atoms with Crippen molar-refractivity contribution < 1.29 is 13.4 Å². The fourth-order valence-corrected chi connectivity index (χ4v) is 2.24. The van der Waals surface area contributed by atoms with Gasteiger partial charge in [0.05, 0.1) is 0 Å². The van der Waals surface area contributed by atoms with Crippen molar-refractivity contribution in [3.8, 4) is 0 Å². The van der Waals surface area contributed by atoms with Crippen molar-refractivity contribution in [1.29, 1.82) is 0 Å². The molecular formula is C13H19FN2O2S. The molecule has 3 N–H and O–H groups in total. The van der Waals surface area contributed by atoms with Crippen LogP contribution < -0.4 is 11.1 Å². The highest BCUT2D eigenvalue weighted by Gasteiger charge is 2.13. The van der Waals surface area contributed by atoms with Gasteiger partial charge in [-0.1, -0.05) is 0 Å². The Morgan fingerprint density at radius 2 is 2.16 bits per heavy atom. The Labute approximate surface area is 115 Å². The lowest BCUT2D eigenvalue weighted by atomic mass is 10.1. The first-order valence-corrected chi connectivity index (χ1v) is 7.70. The molecule has 1 amide bonds. The van der Waals surface area contributed by atoms with Crippen molar-refractivity contribution in [2.75, 3.05) is 17.7 Å². The van der Waals surface area contributed by atoms with Crippen LogP contribution in [0.1, 0.15) is 29.3 Å². The second kappa shape index (κ2) is 6.65. The zero-order valence-electron chi connectivity index (χ0n) is 11.3. The van der Waals surface area contributed by atoms with E-state index < -0.39 is 16.6 Å². The third-order valence-corrected chi connectivity index (χ3v) is 3.67. The first-order valence-electron chi connectivity index (χ1n) is 5.97. The van der Waals surface area contributed by atoms with E-state index in [1.165, 1.54) is 12.1 Å². The highest BCUT2D eigenvalue weighted by Crippen LogP contribution is 2.17. The third kappa shape index (κ3) is 4.63. The van der Waals surface area contributed by atoms with E-state index in [4.69, 9.17) is 5.73 Å². The van der Waals surface area contributed by atoms with Crippen LogP contribution in [0.15, 0.2) is 12.1 Å². The lowest BCUT2D eigenvalue weighted by Gasteiger charge is -2.14. The number of anilines is 1. The van der Waals surface area contributed by atoms with E-state index in [1.54, 1.807) is 13.2 Å². The van der Waals surface area contributed by atoms with Crippen LogP contribution in [0.4, 0.5) is 10.1 Å². The first kappa shape index (κ1) is 15.6. The third-order valence-electron chi connectivity index (χ3n) is 2.86. The number of nitrogens with one attached hydrogen (secondary N) is 1. The Morgan fingerprint density at radius 3 is 2.68 bits per heavy atom. The van der Waals surface area contributed by atoms with Crippen molar-refractivity contribution in [3.05, 3.63) is 29.1 Å². The summed E-state index contributed by atoms with van der Waals surface area (Å²) in [4.78, 5) is 11.9. The number of halogens is 1. The predicted molar refractivity (Wildman–Crippen MR) is 76.0 cm³/mol. The summed E-state index contributed by atoms with van der Waals surface area (Å²) in [7, 11) is -0.887. The van der Waals surface area contributed by atoms with E-state index in [0.29, 0.717) is 17.7 Å². The van der Waals surface area contributed by atoms with Gasteiger partial charge < -0.3 is 11.1 Å². The van der Waals surface area contributed by atoms with Gasteiger partial charge in [-0.25, -0.2) is 4.39 Å². The second-order valence-corrected chi connectivity index (χ2v) is 6.17. The molecule has 4 nitrogen and oxygen atoms in total. The number of hydrogen-bond donors (Lipinski definition) is 2. The minimum Gasteiger partial charge on any atom is -0.398 e. The van der Waals surface area contributed by atoms with E-state index in [0.717, 1.165) is 0 Å². The molecule has 2 atom stereocenters. The topological polar surface area (TPSA) is 72.2 Å². The first-order chi connectivity index (χ1) is 8.81. The highest BCUT2D eigenvalue weighted by atomic mass is 32.2. The minimum absolute atomic E-state index is 0.123. The molecule has 6 heteroatoms. The van der Waals surface area contributed by atoms with E-state index in [1.807, 2.05) is 6.92 Å². The number of hydrogen-bond acceptors (Lipinski definition) is 3. The molecule has 0 saturated heterocycles. The SMILES string of the molecule is Cc1c(N)cc(C(=O)NC(C)CCS(C)=O)cc1F. The predicted octanol–water partition coefficient (Wildman–Crippen LogP) is 1.60. The Morgan fingerprint density at radius 1 is 1.53 bits per heavy atom. The van der Waals surface area contributed by atoms with Gasteiger partial charge in [-0.15, -0.1) is 0 Å². The normalized spacial score (nSPS) is 13.9. The second-order valence-electron chi connectivity index (χ2n) is 4.61. The van der Waals surface area contributed by atoms with Gasteiger partial charge in [0.15, 0.2) is 0 Å². The standard InChI is InChI=1S/C13H19FN2O2S/c1-8(4-5-19(3)18)16-13(17)10-6-11(14)9(2)12(15)7-10/h6-8H,4-5,15H2,1-3H3,(H,16,17). The van der Waals surface area contributed by atoms with Gasteiger partial charge in [-0.05, 0) is 32.4 Å². The maximum atomic E-state index is 13.5. The molecule has 0 aliphatic carbocycles. The molecule has 0 saturated carbocycles. The van der Waals surface area contributed by atoms with Crippen LogP contribution in [0.25, 0.3) is 0 Å². The van der Waals surface area contributed by atoms with Gasteiger partial charge >= 0.3 is 0 Å². The highest BCUT2D eigenvalue weighted by molar-refractivity contribution is 7.84. The average molecular weight is 286 g/mol. The largest absolute Gasteiger partial charge is 0.398 e. The minimum atomic E-state index is -0.887. The molecule has 0 radical (unpaired) electrons. The van der Waals surface area contributed by atoms with Crippen LogP contribution in [-0.2, 0) is 10.8 Å². The van der Waals surface area contributed by atoms with Crippen LogP contribution in [0.2, 0.25) is 0 Å². The number of benzene rings is 1. The number of carbonyl (C=O) groups excluding carboxylic acids is 1. The van der Waals surface area contributed by atoms with Crippen molar-refractivity contribution in [2.45, 2.75) is 26.3 Å². The summed E-state index contributed by atoms with van der Waals surface area (Å²) in [5, 5.41) is 2.73. The van der Waals surface area contributed by atoms with Crippen molar-refractivity contribution in [2.24, 2.45) is 0 Å². The molecule has 1 aromatic carbocycles. The number of amides is 1. The van der Waals surface area contributed by atoms with Crippen LogP contribution in [0, 0.1) is 12.7 Å². The van der Waals surface area contributed by atoms with Gasteiger partial charge in [-0.2, -0.15) is 0 Å². The lowest BCUT2D eigenvalue weighted by Crippen LogP contribution is -2.33. The van der Waals surface area contributed by atoms with E-state index in [-0.39, 0.29) is 23.2 Å². The molecule has 0 spiro atoms. The summed E-state index contributed by atoms with van der Waals surface area (Å²) >= 11 is 0. The Balaban J connectivity index is 2.70. The zero-order chi connectivity index (χ0) is 14.6. The zero-order valence-corrected chi connectivity index (χ0v) is 12.1. The van der Waals surface area contributed by atoms with Gasteiger partial charge in [0.25, 0.3) is 5.91 Å². The molecule has 0 fully saturated rings. The van der Waals surface area contributed by atoms with Crippen LogP contribution in [-0.4, -0.2) is 28.2 Å². The molecular weight excluding hydrogens is 267 g/mol. The number of nitrogens with two attached hydrogens (primary N) is 1. The number of nitrogen functional groups attached to an aromatic ring is 1. The van der Waals surface area contributed by atoms with Crippen LogP contribution in [0.5, 0.6) is 0 Å². The fourth-order valence-electron chi connectivity index (χ4n) is 1.55. The van der Waals surface area contributed by atoms with Crippen LogP contribution >= 0.6 is 0 Å². The summed E-state index contributed by atoms with van der Waals surface area (Å²) in [6, 6.07) is 2.51. The quantitative estimate of drug-likeness (QED) is 0.808. The molecule has 1 rings (SSSR count). The summed E-state index contributed by atoms with van der Waals surface area (Å²) in [5.74, 6) is -0.348. The number of carbonyl (C=O) groups is 1. The molecule has 0 heterocycles. The maximum absolute atomic E-state index is 13.5. The van der Waals surface area contributed by atoms with Gasteiger partial charge in [-0.3, -0.25) is 9.00 Å². The van der Waals surface area contributed by atoms with Gasteiger partial charge in [0, 0.05) is 45.7 Å². The molecule has 19 heavy (non-hydrogen) atoms. The Kier molecular flexibility index (Phi) is 5.47. The molecule has 1 aromatic rings. The molecule has 0 aromatic heterocycles. The van der Waals surface area contributed by atoms with Crippen molar-refractivity contribution in [3.63, 3.8) is 0 Å². The van der Waals surface area contributed by atoms with Gasteiger partial charge in [0.1, 0.15) is 5.82 Å².